The Hall–Kier alpha value is -1.97. The Morgan fingerprint density at radius 3 is 2.13 bits per heavy atom. The number of rotatable bonds is 7. The summed E-state index contributed by atoms with van der Waals surface area (Å²) in [5, 5.41) is 0. The molecule has 0 aliphatic rings. The molecule has 122 valence electrons. The van der Waals surface area contributed by atoms with Gasteiger partial charge in [0.05, 0.1) is 6.61 Å². The Balaban J connectivity index is 1.94. The van der Waals surface area contributed by atoms with Gasteiger partial charge >= 0.3 is 0 Å². The first-order valence-electron chi connectivity index (χ1n) is 7.96. The number of carbonyl (C=O) groups is 1. The van der Waals surface area contributed by atoms with Crippen LogP contribution in [0.2, 0.25) is 0 Å². The summed E-state index contributed by atoms with van der Waals surface area (Å²) in [5.41, 5.74) is 4.85. The van der Waals surface area contributed by atoms with Crippen molar-refractivity contribution < 1.29 is 9.63 Å². The zero-order chi connectivity index (χ0) is 16.7. The molecule has 0 aromatic heterocycles. The molecule has 1 atom stereocenters. The highest BCUT2D eigenvalue weighted by molar-refractivity contribution is 5.96. The Labute approximate surface area is 138 Å². The van der Waals surface area contributed by atoms with E-state index in [4.69, 9.17) is 4.84 Å². The van der Waals surface area contributed by atoms with Crippen LogP contribution in [-0.4, -0.2) is 11.8 Å². The number of hydrogen-bond acceptors (Lipinski definition) is 3. The van der Waals surface area contributed by atoms with Crippen molar-refractivity contribution in [3.05, 3.63) is 71.8 Å². The van der Waals surface area contributed by atoms with E-state index in [-0.39, 0.29) is 17.2 Å². The summed E-state index contributed by atoms with van der Waals surface area (Å²) in [5.74, 6) is 0.126. The first kappa shape index (κ1) is 17.4. The summed E-state index contributed by atoms with van der Waals surface area (Å²) >= 11 is 0. The molecule has 23 heavy (non-hydrogen) atoms. The van der Waals surface area contributed by atoms with Crippen LogP contribution in [0.4, 0.5) is 0 Å². The third-order valence-corrected chi connectivity index (χ3v) is 3.84. The normalized spacial score (nSPS) is 12.8. The fraction of sp³-hybridized carbons (Fsp3) is 0.350. The molecule has 3 nitrogen and oxygen atoms in total. The maximum Gasteiger partial charge on any atom is 0.164 e. The zero-order valence-corrected chi connectivity index (χ0v) is 14.1. The number of ketones is 1. The minimum Gasteiger partial charge on any atom is -0.297 e. The van der Waals surface area contributed by atoms with Gasteiger partial charge in [-0.25, -0.2) is 0 Å². The van der Waals surface area contributed by atoms with Crippen molar-refractivity contribution in [1.82, 2.24) is 5.48 Å². The lowest BCUT2D eigenvalue weighted by Crippen LogP contribution is -2.41. The first-order chi connectivity index (χ1) is 11.0. The van der Waals surface area contributed by atoms with Crippen LogP contribution in [0, 0.1) is 5.41 Å². The largest absolute Gasteiger partial charge is 0.297 e. The van der Waals surface area contributed by atoms with E-state index in [0.29, 0.717) is 13.0 Å². The average molecular weight is 311 g/mol. The van der Waals surface area contributed by atoms with Gasteiger partial charge in [-0.15, -0.1) is 0 Å². The first-order valence-corrected chi connectivity index (χ1v) is 7.96. The van der Waals surface area contributed by atoms with E-state index < -0.39 is 0 Å². The van der Waals surface area contributed by atoms with Crippen molar-refractivity contribution >= 4 is 5.78 Å². The number of hydrogen-bond donors (Lipinski definition) is 1. The third kappa shape index (κ3) is 5.62. The van der Waals surface area contributed by atoms with Crippen molar-refractivity contribution in [3.63, 3.8) is 0 Å². The summed E-state index contributed by atoms with van der Waals surface area (Å²) in [4.78, 5) is 18.1. The van der Waals surface area contributed by atoms with E-state index in [9.17, 15) is 4.79 Å². The lowest BCUT2D eigenvalue weighted by molar-refractivity contribution is -0.0234. The van der Waals surface area contributed by atoms with Crippen LogP contribution in [0.3, 0.4) is 0 Å². The van der Waals surface area contributed by atoms with Gasteiger partial charge in [-0.3, -0.25) is 9.63 Å². The summed E-state index contributed by atoms with van der Waals surface area (Å²) in [6, 6.07) is 19.3. The maximum absolute atomic E-state index is 12.4. The topological polar surface area (TPSA) is 38.3 Å². The van der Waals surface area contributed by atoms with E-state index in [0.717, 1.165) is 11.1 Å². The smallest absolute Gasteiger partial charge is 0.164 e. The Morgan fingerprint density at radius 1 is 1.00 bits per heavy atom. The molecular formula is C20H25NO2. The molecule has 0 saturated carbocycles. The van der Waals surface area contributed by atoms with Crippen LogP contribution in [0.5, 0.6) is 0 Å². The molecule has 3 heteroatoms. The van der Waals surface area contributed by atoms with Crippen LogP contribution in [0.25, 0.3) is 0 Å². The standard InChI is InChI=1S/C20H25NO2/c1-20(2,3)19(14-18(22)17-12-8-5-9-13-17)21-23-15-16-10-6-4-7-11-16/h4-13,19,21H,14-15H2,1-3H3/t19-/m1/s1. The number of Topliss-reactive ketones (excluding diaryl/α,β-unsaturated/α-hetero) is 1. The molecule has 0 fully saturated rings. The summed E-state index contributed by atoms with van der Waals surface area (Å²) in [6.45, 7) is 6.80. The fourth-order valence-electron chi connectivity index (χ4n) is 2.25. The third-order valence-electron chi connectivity index (χ3n) is 3.84. The molecule has 0 unspecified atom stereocenters. The SMILES string of the molecule is CC(C)(C)[C@@H](CC(=O)c1ccccc1)NOCc1ccccc1. The molecule has 0 heterocycles. The minimum atomic E-state index is -0.0822. The second-order valence-electron chi connectivity index (χ2n) is 6.80. The molecule has 2 aromatic carbocycles. The molecule has 0 amide bonds. The van der Waals surface area contributed by atoms with Gasteiger partial charge in [0.2, 0.25) is 0 Å². The van der Waals surface area contributed by atoms with Gasteiger partial charge in [-0.05, 0) is 11.0 Å². The van der Waals surface area contributed by atoms with E-state index in [1.807, 2.05) is 60.7 Å². The second-order valence-corrected chi connectivity index (χ2v) is 6.80. The van der Waals surface area contributed by atoms with Crippen LogP contribution in [-0.2, 0) is 11.4 Å². The van der Waals surface area contributed by atoms with Crippen molar-refractivity contribution in [2.24, 2.45) is 5.41 Å². The second kappa shape index (κ2) is 8.04. The van der Waals surface area contributed by atoms with Gasteiger partial charge < -0.3 is 0 Å². The quantitative estimate of drug-likeness (QED) is 0.608. The van der Waals surface area contributed by atoms with Gasteiger partial charge in [0.15, 0.2) is 5.78 Å². The molecule has 0 aliphatic carbocycles. The predicted molar refractivity (Wildman–Crippen MR) is 93.0 cm³/mol. The minimum absolute atomic E-state index is 0.0566. The van der Waals surface area contributed by atoms with Crippen molar-refractivity contribution in [2.75, 3.05) is 0 Å². The Morgan fingerprint density at radius 2 is 1.57 bits per heavy atom. The maximum atomic E-state index is 12.4. The van der Waals surface area contributed by atoms with Gasteiger partial charge in [-0.2, -0.15) is 5.48 Å². The van der Waals surface area contributed by atoms with Crippen LogP contribution in [0.1, 0.15) is 43.1 Å². The summed E-state index contributed by atoms with van der Waals surface area (Å²) in [6.07, 6.45) is 0.405. The lowest BCUT2D eigenvalue weighted by Gasteiger charge is -2.30. The fourth-order valence-corrected chi connectivity index (χ4v) is 2.25. The molecule has 0 aliphatic heterocycles. The van der Waals surface area contributed by atoms with Crippen LogP contribution in [0.15, 0.2) is 60.7 Å². The number of nitrogens with one attached hydrogen (secondary N) is 1. The number of carbonyl (C=O) groups excluding carboxylic acids is 1. The predicted octanol–water partition coefficient (Wildman–Crippen LogP) is 4.40. The molecule has 2 rings (SSSR count). The molecular weight excluding hydrogens is 286 g/mol. The van der Waals surface area contributed by atoms with E-state index in [2.05, 4.69) is 26.3 Å². The number of hydroxylamine groups is 1. The average Bonchev–Trinajstić information content (AvgIpc) is 2.54. The highest BCUT2D eigenvalue weighted by atomic mass is 16.6. The van der Waals surface area contributed by atoms with Gasteiger partial charge in [0.25, 0.3) is 0 Å². The molecule has 0 saturated heterocycles. The van der Waals surface area contributed by atoms with Crippen LogP contribution >= 0.6 is 0 Å². The lowest BCUT2D eigenvalue weighted by atomic mass is 9.83. The van der Waals surface area contributed by atoms with E-state index >= 15 is 0 Å². The van der Waals surface area contributed by atoms with Crippen molar-refractivity contribution in [3.8, 4) is 0 Å². The molecule has 0 spiro atoms. The van der Waals surface area contributed by atoms with Gasteiger partial charge in [-0.1, -0.05) is 81.4 Å². The highest BCUT2D eigenvalue weighted by Crippen LogP contribution is 2.23. The van der Waals surface area contributed by atoms with Gasteiger partial charge in [0.1, 0.15) is 0 Å². The zero-order valence-electron chi connectivity index (χ0n) is 14.1. The Bertz CT molecular complexity index is 603. The van der Waals surface area contributed by atoms with Gasteiger partial charge in [0, 0.05) is 18.0 Å². The van der Waals surface area contributed by atoms with E-state index in [1.54, 1.807) is 0 Å². The molecule has 0 radical (unpaired) electrons. The van der Waals surface area contributed by atoms with Crippen LogP contribution < -0.4 is 5.48 Å². The van der Waals surface area contributed by atoms with Crippen molar-refractivity contribution in [1.29, 1.82) is 0 Å². The highest BCUT2D eigenvalue weighted by Gasteiger charge is 2.27. The summed E-state index contributed by atoms with van der Waals surface area (Å²) < 4.78 is 0. The molecule has 0 bridgehead atoms. The Kier molecular flexibility index (Phi) is 6.08. The monoisotopic (exact) mass is 311 g/mol. The van der Waals surface area contributed by atoms with Crippen molar-refractivity contribution in [2.45, 2.75) is 39.8 Å². The summed E-state index contributed by atoms with van der Waals surface area (Å²) in [7, 11) is 0. The van der Waals surface area contributed by atoms with E-state index in [1.165, 1.54) is 0 Å². The number of benzene rings is 2. The molecule has 2 aromatic rings. The molecule has 1 N–H and O–H groups in total.